The lowest BCUT2D eigenvalue weighted by Gasteiger charge is -2.09. The Morgan fingerprint density at radius 3 is 2.43 bits per heavy atom. The van der Waals surface area contributed by atoms with Crippen molar-refractivity contribution in [2.75, 3.05) is 23.7 Å². The van der Waals surface area contributed by atoms with Crippen LogP contribution >= 0.6 is 12.4 Å². The highest BCUT2D eigenvalue weighted by Crippen LogP contribution is 2.21. The minimum Gasteiger partial charge on any atom is -0.354 e. The summed E-state index contributed by atoms with van der Waals surface area (Å²) in [4.78, 5) is 16.8. The molecule has 0 bridgehead atoms. The number of hydrogen-bond donors (Lipinski definition) is 3. The van der Waals surface area contributed by atoms with Crippen LogP contribution < -0.4 is 16.0 Å². The number of halogens is 1. The Bertz CT molecular complexity index is 1090. The molecule has 1 aliphatic rings. The number of rotatable bonds is 3. The predicted molar refractivity (Wildman–Crippen MR) is 114 cm³/mol. The zero-order chi connectivity index (χ0) is 18.6. The molecule has 0 saturated heterocycles. The van der Waals surface area contributed by atoms with E-state index in [1.807, 2.05) is 42.5 Å². The number of fused-ring (bicyclic) bond motifs is 1. The van der Waals surface area contributed by atoms with Gasteiger partial charge in [0, 0.05) is 23.5 Å². The Morgan fingerprint density at radius 2 is 1.71 bits per heavy atom. The number of carbonyl (C=O) groups is 1. The highest BCUT2D eigenvalue weighted by atomic mass is 35.5. The number of nitrogens with zero attached hydrogens (tertiary/aromatic N) is 2. The van der Waals surface area contributed by atoms with Crippen molar-refractivity contribution in [2.24, 2.45) is 4.99 Å². The molecule has 1 amide bonds. The summed E-state index contributed by atoms with van der Waals surface area (Å²) in [5, 5.41) is 20.1. The van der Waals surface area contributed by atoms with Gasteiger partial charge in [0.05, 0.1) is 18.2 Å². The number of nitriles is 1. The van der Waals surface area contributed by atoms with Crippen LogP contribution in [0.4, 0.5) is 11.4 Å². The van der Waals surface area contributed by atoms with E-state index >= 15 is 0 Å². The number of aliphatic imine (C=N–C) groups is 1. The molecule has 3 N–H and O–H groups in total. The number of carbonyl (C=O) groups excluding carboxylic acids is 1. The van der Waals surface area contributed by atoms with Gasteiger partial charge in [-0.2, -0.15) is 5.26 Å². The number of guanidine groups is 1. The van der Waals surface area contributed by atoms with Crippen LogP contribution in [0.5, 0.6) is 0 Å². The van der Waals surface area contributed by atoms with Crippen LogP contribution in [-0.4, -0.2) is 25.0 Å². The predicted octanol–water partition coefficient (Wildman–Crippen LogP) is 3.76. The van der Waals surface area contributed by atoms with E-state index in [4.69, 9.17) is 5.26 Å². The van der Waals surface area contributed by atoms with Gasteiger partial charge in [0.15, 0.2) is 5.96 Å². The summed E-state index contributed by atoms with van der Waals surface area (Å²) in [6.45, 7) is 1.61. The molecule has 28 heavy (non-hydrogen) atoms. The van der Waals surface area contributed by atoms with E-state index in [-0.39, 0.29) is 18.3 Å². The fourth-order valence-corrected chi connectivity index (χ4v) is 2.92. The van der Waals surface area contributed by atoms with Crippen LogP contribution in [0.1, 0.15) is 15.9 Å². The third-order valence-corrected chi connectivity index (χ3v) is 4.31. The highest BCUT2D eigenvalue weighted by Gasteiger charge is 2.09. The van der Waals surface area contributed by atoms with Gasteiger partial charge in [-0.15, -0.1) is 12.4 Å². The van der Waals surface area contributed by atoms with Crippen molar-refractivity contribution >= 4 is 46.4 Å². The van der Waals surface area contributed by atoms with Gasteiger partial charge in [-0.05, 0) is 59.3 Å². The number of amides is 1. The summed E-state index contributed by atoms with van der Waals surface area (Å²) < 4.78 is 0. The Labute approximate surface area is 168 Å². The van der Waals surface area contributed by atoms with Crippen LogP contribution in [0.15, 0.2) is 65.7 Å². The molecule has 1 heterocycles. The maximum Gasteiger partial charge on any atom is 0.255 e. The molecular weight excluding hydrogens is 374 g/mol. The molecule has 1 aliphatic heterocycles. The van der Waals surface area contributed by atoms with Crippen LogP contribution in [-0.2, 0) is 0 Å². The summed E-state index contributed by atoms with van der Waals surface area (Å²) in [5.41, 5.74) is 2.77. The van der Waals surface area contributed by atoms with E-state index in [9.17, 15) is 4.79 Å². The minimum atomic E-state index is -0.175. The van der Waals surface area contributed by atoms with E-state index in [0.29, 0.717) is 16.8 Å². The second kappa shape index (κ2) is 8.42. The van der Waals surface area contributed by atoms with Gasteiger partial charge < -0.3 is 16.0 Å². The largest absolute Gasteiger partial charge is 0.354 e. The van der Waals surface area contributed by atoms with E-state index in [1.54, 1.807) is 18.2 Å². The molecule has 0 saturated carbocycles. The molecule has 0 aromatic heterocycles. The zero-order valence-corrected chi connectivity index (χ0v) is 15.7. The van der Waals surface area contributed by atoms with Crippen molar-refractivity contribution in [3.63, 3.8) is 0 Å². The van der Waals surface area contributed by atoms with Crippen molar-refractivity contribution in [3.8, 4) is 6.07 Å². The fraction of sp³-hybridized carbons (Fsp3) is 0.0952. The number of anilines is 2. The molecule has 0 aliphatic carbocycles. The van der Waals surface area contributed by atoms with E-state index in [0.717, 1.165) is 35.5 Å². The van der Waals surface area contributed by atoms with E-state index in [2.05, 4.69) is 27.0 Å². The van der Waals surface area contributed by atoms with Gasteiger partial charge >= 0.3 is 0 Å². The normalized spacial score (nSPS) is 12.3. The second-order valence-electron chi connectivity index (χ2n) is 6.20. The molecule has 6 nitrogen and oxygen atoms in total. The lowest BCUT2D eigenvalue weighted by molar-refractivity contribution is 0.102. The average Bonchev–Trinajstić information content (AvgIpc) is 3.21. The minimum absolute atomic E-state index is 0. The molecule has 0 unspecified atom stereocenters. The molecule has 0 spiro atoms. The van der Waals surface area contributed by atoms with Gasteiger partial charge in [-0.25, -0.2) is 0 Å². The second-order valence-corrected chi connectivity index (χ2v) is 6.20. The van der Waals surface area contributed by atoms with Gasteiger partial charge in [0.2, 0.25) is 0 Å². The molecular formula is C21H18ClN5O. The van der Waals surface area contributed by atoms with Crippen LogP contribution in [0, 0.1) is 11.3 Å². The average molecular weight is 392 g/mol. The molecule has 0 atom stereocenters. The van der Waals surface area contributed by atoms with Crippen LogP contribution in [0.25, 0.3) is 10.8 Å². The van der Waals surface area contributed by atoms with Gasteiger partial charge in [-0.3, -0.25) is 9.79 Å². The van der Waals surface area contributed by atoms with Gasteiger partial charge in [0.25, 0.3) is 5.91 Å². The molecule has 3 aromatic rings. The van der Waals surface area contributed by atoms with Crippen molar-refractivity contribution in [1.82, 2.24) is 5.32 Å². The standard InChI is InChI=1S/C21H17N5O.ClH/c22-13-14-1-2-17-12-19(8-5-16(17)11-14)25-20(27)15-3-6-18(7-4-15)26-21-23-9-10-24-21;/h1-8,11-12H,9-10H2,(H,25,27)(H2,23,24,26);1H. The fourth-order valence-electron chi connectivity index (χ4n) is 2.92. The Hall–Kier alpha value is -3.56. The number of nitrogens with one attached hydrogen (secondary N) is 3. The summed E-state index contributed by atoms with van der Waals surface area (Å²) in [5.74, 6) is 0.578. The van der Waals surface area contributed by atoms with Crippen LogP contribution in [0.2, 0.25) is 0 Å². The summed E-state index contributed by atoms with van der Waals surface area (Å²) in [6, 6.07) is 20.5. The van der Waals surface area contributed by atoms with Crippen molar-refractivity contribution < 1.29 is 4.79 Å². The van der Waals surface area contributed by atoms with E-state index < -0.39 is 0 Å². The molecule has 0 radical (unpaired) electrons. The van der Waals surface area contributed by atoms with Gasteiger partial charge in [0.1, 0.15) is 0 Å². The van der Waals surface area contributed by atoms with Crippen molar-refractivity contribution in [3.05, 3.63) is 71.8 Å². The SMILES string of the molecule is Cl.N#Cc1ccc2cc(NC(=O)c3ccc(NC4=NCCN4)cc3)ccc2c1. The quantitative estimate of drug-likeness (QED) is 0.634. The lowest BCUT2D eigenvalue weighted by Crippen LogP contribution is -2.26. The van der Waals surface area contributed by atoms with Crippen molar-refractivity contribution in [2.45, 2.75) is 0 Å². The van der Waals surface area contributed by atoms with Gasteiger partial charge in [-0.1, -0.05) is 12.1 Å². The first-order valence-corrected chi connectivity index (χ1v) is 8.62. The van der Waals surface area contributed by atoms with Crippen molar-refractivity contribution in [1.29, 1.82) is 5.26 Å². The number of benzene rings is 3. The Kier molecular flexibility index (Phi) is 5.78. The first-order valence-electron chi connectivity index (χ1n) is 8.62. The molecule has 0 fully saturated rings. The topological polar surface area (TPSA) is 89.3 Å². The Balaban J connectivity index is 0.00000225. The molecule has 140 valence electrons. The third kappa shape index (κ3) is 4.22. The van der Waals surface area contributed by atoms with E-state index in [1.165, 1.54) is 0 Å². The summed E-state index contributed by atoms with van der Waals surface area (Å²) >= 11 is 0. The molecule has 4 rings (SSSR count). The molecule has 3 aromatic carbocycles. The smallest absolute Gasteiger partial charge is 0.255 e. The first-order chi connectivity index (χ1) is 13.2. The summed E-state index contributed by atoms with van der Waals surface area (Å²) in [6.07, 6.45) is 0. The third-order valence-electron chi connectivity index (χ3n) is 4.31. The first kappa shape index (κ1) is 19.2. The lowest BCUT2D eigenvalue weighted by atomic mass is 10.1. The Morgan fingerprint density at radius 1 is 1.00 bits per heavy atom. The maximum atomic E-state index is 12.5. The number of hydrogen-bond acceptors (Lipinski definition) is 5. The maximum absolute atomic E-state index is 12.5. The summed E-state index contributed by atoms with van der Waals surface area (Å²) in [7, 11) is 0. The van der Waals surface area contributed by atoms with Crippen LogP contribution in [0.3, 0.4) is 0 Å². The molecule has 7 heteroatoms. The monoisotopic (exact) mass is 391 g/mol. The highest BCUT2D eigenvalue weighted by molar-refractivity contribution is 6.05. The zero-order valence-electron chi connectivity index (χ0n) is 14.9.